The molecule has 76 heavy (non-hydrogen) atoms. The van der Waals surface area contributed by atoms with Gasteiger partial charge in [0.15, 0.2) is 0 Å². The minimum Gasteiger partial charge on any atom is -0.457 e. The van der Waals surface area contributed by atoms with E-state index in [-0.39, 0.29) is 17.3 Å². The minimum atomic E-state index is -1.06. The molecule has 2 aromatic heterocycles. The van der Waals surface area contributed by atoms with Crippen molar-refractivity contribution < 1.29 is 47.6 Å². The number of anilines is 3. The van der Waals surface area contributed by atoms with Gasteiger partial charge in [-0.05, 0) is 129 Å². The molecule has 0 atom stereocenters. The molecule has 1 amide bonds. The highest BCUT2D eigenvalue weighted by Gasteiger charge is 2.28. The predicted octanol–water partition coefficient (Wildman–Crippen LogP) is 10.9. The number of benzene rings is 4. The Balaban J connectivity index is 0.000000205. The van der Waals surface area contributed by atoms with Gasteiger partial charge in [0.05, 0.1) is 34.5 Å². The molecule has 0 spiro atoms. The number of amides is 1. The van der Waals surface area contributed by atoms with E-state index in [1.807, 2.05) is 133 Å². The molecule has 4 aromatic carbocycles. The van der Waals surface area contributed by atoms with Crippen LogP contribution in [0.3, 0.4) is 0 Å². The van der Waals surface area contributed by atoms with E-state index in [9.17, 15) is 19.2 Å². The van der Waals surface area contributed by atoms with Gasteiger partial charge in [0.25, 0.3) is 0 Å². The van der Waals surface area contributed by atoms with Gasteiger partial charge in [-0.2, -0.15) is 0 Å². The zero-order valence-electron chi connectivity index (χ0n) is 45.9. The van der Waals surface area contributed by atoms with E-state index in [1.165, 1.54) is 0 Å². The Morgan fingerprint density at radius 1 is 0.526 bits per heavy atom. The minimum absolute atomic E-state index is 0.205. The maximum absolute atomic E-state index is 12.4. The van der Waals surface area contributed by atoms with E-state index in [0.717, 1.165) is 76.9 Å². The van der Waals surface area contributed by atoms with Gasteiger partial charge in [0.2, 0.25) is 0 Å². The molecule has 8 rings (SSSR count). The molecule has 2 aliphatic heterocycles. The molecule has 2 aliphatic rings. The van der Waals surface area contributed by atoms with Gasteiger partial charge < -0.3 is 54.2 Å². The van der Waals surface area contributed by atoms with E-state index in [1.54, 1.807) is 52.6 Å². The number of ether oxygens (including phenoxy) is 6. The highest BCUT2D eigenvalue weighted by molar-refractivity contribution is 5.86. The zero-order valence-corrected chi connectivity index (χ0v) is 45.9. The lowest BCUT2D eigenvalue weighted by atomic mass is 9.87. The standard InChI is InChI=1S/C29H36N4O4.C18H19N5O.C10H18O5/c1-28(2,3)25(34)17-20-7-9-21(10-8-20)36-22-11-12-23-24(18-22)31-26(19-30-23)32-13-15-33(16-14-32)27(35)37-29(4,5)6;19-13-1-3-14(4-2-13)24-15-5-6-16-17(11-15)22-18(12-21-16)23-9-7-20-8-10-23;1-9(2,3)14-7(11)13-8(12)15-10(4,5)6/h7-12,18-19H,13-17H2,1-6H3;1-6,11-12,20H,7-10,19H2;1-6H3. The molecule has 0 unspecified atom stereocenters. The number of rotatable bonds is 8. The third-order valence-corrected chi connectivity index (χ3v) is 11.1. The molecular weight excluding hydrogens is 971 g/mol. The quantitative estimate of drug-likeness (QED) is 0.0626. The third-order valence-electron chi connectivity index (χ3n) is 11.1. The summed E-state index contributed by atoms with van der Waals surface area (Å²) in [7, 11) is 0. The van der Waals surface area contributed by atoms with Gasteiger partial charge in [0.1, 0.15) is 57.2 Å². The number of carbonyl (C=O) groups is 4. The first-order valence-electron chi connectivity index (χ1n) is 25.3. The predicted molar refractivity (Wildman–Crippen MR) is 293 cm³/mol. The van der Waals surface area contributed by atoms with Crippen molar-refractivity contribution in [1.29, 1.82) is 0 Å². The lowest BCUT2D eigenvalue weighted by Crippen LogP contribution is -2.50. The van der Waals surface area contributed by atoms with Crippen molar-refractivity contribution in [3.63, 3.8) is 0 Å². The van der Waals surface area contributed by atoms with Crippen LogP contribution in [0, 0.1) is 5.41 Å². The van der Waals surface area contributed by atoms with E-state index in [4.69, 9.17) is 39.4 Å². The summed E-state index contributed by atoms with van der Waals surface area (Å²) in [6, 6.07) is 26.3. The summed E-state index contributed by atoms with van der Waals surface area (Å²) in [6.07, 6.45) is 1.61. The second kappa shape index (κ2) is 24.7. The van der Waals surface area contributed by atoms with Crippen molar-refractivity contribution >= 4 is 63.6 Å². The Morgan fingerprint density at radius 2 is 0.947 bits per heavy atom. The van der Waals surface area contributed by atoms with Crippen molar-refractivity contribution in [3.05, 3.63) is 103 Å². The number of aromatic nitrogens is 4. The van der Waals surface area contributed by atoms with Crippen LogP contribution in [0.4, 0.5) is 31.7 Å². The van der Waals surface area contributed by atoms with E-state index in [2.05, 4.69) is 29.8 Å². The summed E-state index contributed by atoms with van der Waals surface area (Å²) >= 11 is 0. The fourth-order valence-corrected chi connectivity index (χ4v) is 7.28. The second-order valence-corrected chi connectivity index (χ2v) is 22.2. The van der Waals surface area contributed by atoms with Crippen molar-refractivity contribution in [3.8, 4) is 23.0 Å². The first kappa shape index (κ1) is 57.5. The zero-order chi connectivity index (χ0) is 55.4. The SMILES string of the molecule is CC(C)(C)OC(=O)N1CCN(c2cnc3ccc(Oc4ccc(CC(=O)C(C)(C)C)cc4)cc3n2)CC1.CC(C)(C)OC(=O)OC(=O)OC(C)(C)C.Nc1ccc(Oc2ccc3ncc(N4CCNCC4)nc3c2)cc1. The largest absolute Gasteiger partial charge is 0.519 e. The fraction of sp³-hybridized carbons (Fsp3) is 0.439. The number of nitrogens with one attached hydrogen (secondary N) is 1. The summed E-state index contributed by atoms with van der Waals surface area (Å²) in [4.78, 5) is 71.4. The van der Waals surface area contributed by atoms with Crippen LogP contribution in [0.1, 0.15) is 88.6 Å². The van der Waals surface area contributed by atoms with Gasteiger partial charge in [-0.3, -0.25) is 14.8 Å². The van der Waals surface area contributed by atoms with E-state index < -0.39 is 29.1 Å². The molecule has 0 bridgehead atoms. The number of nitrogens with two attached hydrogens (primary N) is 1. The van der Waals surface area contributed by atoms with Crippen LogP contribution in [-0.2, 0) is 30.2 Å². The molecule has 0 saturated carbocycles. The number of hydrogen-bond donors (Lipinski definition) is 2. The van der Waals surface area contributed by atoms with Crippen molar-refractivity contribution in [1.82, 2.24) is 30.2 Å². The van der Waals surface area contributed by atoms with Crippen LogP contribution in [0.2, 0.25) is 0 Å². The number of ketones is 1. The number of fused-ring (bicyclic) bond motifs is 2. The number of nitrogen functional groups attached to an aromatic ring is 1. The summed E-state index contributed by atoms with van der Waals surface area (Å²) in [5, 5.41) is 3.34. The molecule has 4 heterocycles. The smallest absolute Gasteiger partial charge is 0.457 e. The van der Waals surface area contributed by atoms with E-state index in [0.29, 0.717) is 49.8 Å². The van der Waals surface area contributed by atoms with Gasteiger partial charge >= 0.3 is 18.4 Å². The fourth-order valence-electron chi connectivity index (χ4n) is 7.28. The summed E-state index contributed by atoms with van der Waals surface area (Å²) in [6.45, 7) is 27.7. The maximum atomic E-state index is 12.4. The Morgan fingerprint density at radius 3 is 1.38 bits per heavy atom. The van der Waals surface area contributed by atoms with Crippen LogP contribution < -0.4 is 30.3 Å². The lowest BCUT2D eigenvalue weighted by Gasteiger charge is -2.36. The highest BCUT2D eigenvalue weighted by atomic mass is 16.8. The topological polar surface area (TPSA) is 223 Å². The van der Waals surface area contributed by atoms with Gasteiger partial charge in [-0.15, -0.1) is 0 Å². The monoisotopic (exact) mass is 1040 g/mol. The number of nitrogens with zero attached hydrogens (tertiary/aromatic N) is 7. The summed E-state index contributed by atoms with van der Waals surface area (Å²) in [5.41, 5.74) is 8.33. The first-order valence-corrected chi connectivity index (χ1v) is 25.3. The second-order valence-electron chi connectivity index (χ2n) is 22.2. The van der Waals surface area contributed by atoms with Crippen molar-refractivity contribution in [2.45, 2.75) is 106 Å². The molecule has 0 radical (unpaired) electrons. The first-order chi connectivity index (χ1) is 35.6. The van der Waals surface area contributed by atoms with E-state index >= 15 is 0 Å². The van der Waals surface area contributed by atoms with Crippen LogP contribution in [0.15, 0.2) is 97.3 Å². The van der Waals surface area contributed by atoms with Crippen LogP contribution in [0.5, 0.6) is 23.0 Å². The molecule has 6 aromatic rings. The number of hydrogen-bond acceptors (Lipinski definition) is 18. The van der Waals surface area contributed by atoms with Crippen molar-refractivity contribution in [2.75, 3.05) is 67.9 Å². The molecule has 3 N–H and O–H groups in total. The van der Waals surface area contributed by atoms with Gasteiger partial charge in [-0.25, -0.2) is 24.4 Å². The molecular formula is C57H73N9O10. The van der Waals surface area contributed by atoms with Crippen molar-refractivity contribution in [2.24, 2.45) is 5.41 Å². The molecule has 406 valence electrons. The Bertz CT molecular complexity index is 2900. The third kappa shape index (κ3) is 18.5. The lowest BCUT2D eigenvalue weighted by molar-refractivity contribution is -0.125. The molecule has 0 aliphatic carbocycles. The Kier molecular flexibility index (Phi) is 18.7. The van der Waals surface area contributed by atoms with Gasteiger partial charge in [0, 0.05) is 82.0 Å². The molecule has 2 fully saturated rings. The van der Waals surface area contributed by atoms with Gasteiger partial charge in [-0.1, -0.05) is 32.9 Å². The number of Topliss-reactive ketones (excluding diaryl/α,β-unsaturated/α-hetero) is 1. The van der Waals surface area contributed by atoms with Crippen LogP contribution in [-0.4, -0.2) is 118 Å². The molecule has 19 heteroatoms. The summed E-state index contributed by atoms with van der Waals surface area (Å²) in [5.74, 6) is 4.71. The number of piperazine rings is 2. The normalized spacial score (nSPS) is 14.1. The summed E-state index contributed by atoms with van der Waals surface area (Å²) < 4.78 is 31.2. The average molecular weight is 1040 g/mol. The Labute approximate surface area is 445 Å². The number of carbonyl (C=O) groups excluding carboxylic acids is 4. The highest BCUT2D eigenvalue weighted by Crippen LogP contribution is 2.29. The maximum Gasteiger partial charge on any atom is 0.519 e. The average Bonchev–Trinajstić information content (AvgIpc) is 3.34. The Hall–Kier alpha value is -7.80. The van der Waals surface area contributed by atoms with Crippen LogP contribution >= 0.6 is 0 Å². The molecule has 2 saturated heterocycles. The molecule has 19 nitrogen and oxygen atoms in total. The van der Waals surface area contributed by atoms with Crippen LogP contribution in [0.25, 0.3) is 22.1 Å².